The maximum absolute atomic E-state index is 11.7. The highest BCUT2D eigenvalue weighted by Gasteiger charge is 2.42. The van der Waals surface area contributed by atoms with Crippen LogP contribution in [0.1, 0.15) is 18.9 Å². The van der Waals surface area contributed by atoms with Gasteiger partial charge in [-0.2, -0.15) is 10.4 Å². The molecule has 0 spiro atoms. The summed E-state index contributed by atoms with van der Waals surface area (Å²) in [6, 6.07) is 1.90. The van der Waals surface area contributed by atoms with Gasteiger partial charge in [0.05, 0.1) is 11.8 Å². The molecule has 0 fully saturated rings. The summed E-state index contributed by atoms with van der Waals surface area (Å²) in [7, 11) is -3.66. The van der Waals surface area contributed by atoms with Crippen molar-refractivity contribution in [3.8, 4) is 6.07 Å². The van der Waals surface area contributed by atoms with E-state index in [1.165, 1.54) is 24.0 Å². The highest BCUT2D eigenvalue weighted by atomic mass is 32.2. The molecule has 1 N–H and O–H groups in total. The fraction of sp³-hybridized carbons (Fsp3) is 0.545. The molecule has 0 unspecified atom stereocenters. The predicted molar refractivity (Wildman–Crippen MR) is 66.9 cm³/mol. The first kappa shape index (κ1) is 15.3. The minimum absolute atomic E-state index is 0.0161. The number of aliphatic hydroxyl groups excluding tert-OH is 1. The number of carbonyl (C=O) groups is 1. The summed E-state index contributed by atoms with van der Waals surface area (Å²) in [5, 5.41) is 21.4. The molecule has 1 rings (SSSR count). The Balaban J connectivity index is 2.92. The molecule has 104 valence electrons. The lowest BCUT2D eigenvalue weighted by Crippen LogP contribution is -2.45. The van der Waals surface area contributed by atoms with Crippen LogP contribution in [0.2, 0.25) is 0 Å². The van der Waals surface area contributed by atoms with Crippen LogP contribution in [0.15, 0.2) is 12.4 Å². The van der Waals surface area contributed by atoms with Gasteiger partial charge in [-0.15, -0.1) is 0 Å². The van der Waals surface area contributed by atoms with Gasteiger partial charge in [0.15, 0.2) is 15.6 Å². The molecule has 0 radical (unpaired) electrons. The van der Waals surface area contributed by atoms with Crippen molar-refractivity contribution in [3.63, 3.8) is 0 Å². The van der Waals surface area contributed by atoms with Crippen LogP contribution in [-0.2, 0) is 21.2 Å². The summed E-state index contributed by atoms with van der Waals surface area (Å²) < 4.78 is 23.2. The molecule has 1 aromatic rings. The number of aliphatic hydroxyl groups is 1. The van der Waals surface area contributed by atoms with Crippen LogP contribution in [0.5, 0.6) is 0 Å². The Morgan fingerprint density at radius 3 is 2.68 bits per heavy atom. The van der Waals surface area contributed by atoms with E-state index in [4.69, 9.17) is 10.4 Å². The molecule has 0 amide bonds. The molecule has 0 saturated carbocycles. The van der Waals surface area contributed by atoms with Crippen molar-refractivity contribution in [2.45, 2.75) is 24.6 Å². The van der Waals surface area contributed by atoms with Crippen LogP contribution in [0.4, 0.5) is 0 Å². The second-order valence-electron chi connectivity index (χ2n) is 4.44. The zero-order valence-electron chi connectivity index (χ0n) is 10.7. The molecule has 8 heteroatoms. The third-order valence-corrected chi connectivity index (χ3v) is 5.20. The number of aromatic nitrogens is 2. The summed E-state index contributed by atoms with van der Waals surface area (Å²) in [6.07, 6.45) is 3.76. The van der Waals surface area contributed by atoms with Gasteiger partial charge in [0.2, 0.25) is 0 Å². The van der Waals surface area contributed by atoms with Crippen LogP contribution < -0.4 is 0 Å². The van der Waals surface area contributed by atoms with E-state index in [0.29, 0.717) is 5.56 Å². The summed E-state index contributed by atoms with van der Waals surface area (Å²) in [4.78, 5) is 11.7. The number of hydrogen-bond acceptors (Lipinski definition) is 6. The molecule has 0 aliphatic heterocycles. The molecular formula is C11H15N3O4S. The van der Waals surface area contributed by atoms with Gasteiger partial charge < -0.3 is 5.11 Å². The van der Waals surface area contributed by atoms with Crippen LogP contribution in [0.3, 0.4) is 0 Å². The number of sulfone groups is 1. The fourth-order valence-electron chi connectivity index (χ4n) is 1.57. The number of carbonyl (C=O) groups excluding carboxylic acids is 1. The van der Waals surface area contributed by atoms with Crippen LogP contribution in [-0.4, -0.2) is 46.7 Å². The van der Waals surface area contributed by atoms with E-state index in [0.717, 1.165) is 6.26 Å². The van der Waals surface area contributed by atoms with E-state index in [2.05, 4.69) is 5.10 Å². The van der Waals surface area contributed by atoms with Gasteiger partial charge in [0, 0.05) is 19.0 Å². The molecule has 0 bridgehead atoms. The molecular weight excluding hydrogens is 270 g/mol. The van der Waals surface area contributed by atoms with Crippen molar-refractivity contribution in [2.75, 3.05) is 12.9 Å². The summed E-state index contributed by atoms with van der Waals surface area (Å²) >= 11 is 0. The number of nitriles is 1. The van der Waals surface area contributed by atoms with Gasteiger partial charge in [-0.1, -0.05) is 0 Å². The maximum atomic E-state index is 11.7. The Kier molecular flexibility index (Phi) is 4.44. The maximum Gasteiger partial charge on any atom is 0.179 e. The Bertz CT molecular complexity index is 614. The van der Waals surface area contributed by atoms with E-state index in [1.807, 2.05) is 6.07 Å². The number of nitrogens with zero attached hydrogens (tertiary/aromatic N) is 3. The average Bonchev–Trinajstić information content (AvgIpc) is 2.81. The van der Waals surface area contributed by atoms with Gasteiger partial charge >= 0.3 is 0 Å². The van der Waals surface area contributed by atoms with Crippen molar-refractivity contribution >= 4 is 15.6 Å². The van der Waals surface area contributed by atoms with E-state index < -0.39 is 27.0 Å². The molecule has 1 atom stereocenters. The number of Topliss-reactive ketones (excluding diaryl/α,β-unsaturated/α-hetero) is 1. The average molecular weight is 285 g/mol. The monoisotopic (exact) mass is 285 g/mol. The topological polar surface area (TPSA) is 113 Å². The number of ketones is 1. The van der Waals surface area contributed by atoms with Crippen LogP contribution in [0, 0.1) is 11.3 Å². The predicted octanol–water partition coefficient (Wildman–Crippen LogP) is -0.490. The normalized spacial score (nSPS) is 14.6. The van der Waals surface area contributed by atoms with Gasteiger partial charge in [0.1, 0.15) is 17.4 Å². The molecule has 0 aliphatic rings. The molecule has 0 aliphatic carbocycles. The lowest BCUT2D eigenvalue weighted by molar-refractivity contribution is -0.124. The molecule has 19 heavy (non-hydrogen) atoms. The van der Waals surface area contributed by atoms with E-state index in [-0.39, 0.29) is 13.0 Å². The van der Waals surface area contributed by atoms with Crippen molar-refractivity contribution in [1.82, 2.24) is 9.78 Å². The van der Waals surface area contributed by atoms with E-state index in [9.17, 15) is 13.2 Å². The Morgan fingerprint density at radius 2 is 2.26 bits per heavy atom. The Morgan fingerprint density at radius 1 is 1.63 bits per heavy atom. The Hall–Kier alpha value is -1.72. The summed E-state index contributed by atoms with van der Waals surface area (Å²) in [5.41, 5.74) is 0.356. The Labute approximate surface area is 111 Å². The first-order valence-electron chi connectivity index (χ1n) is 5.51. The zero-order chi connectivity index (χ0) is 14.7. The highest BCUT2D eigenvalue weighted by molar-refractivity contribution is 7.92. The summed E-state index contributed by atoms with van der Waals surface area (Å²) in [5.74, 6) is -0.748. The largest absolute Gasteiger partial charge is 0.389 e. The van der Waals surface area contributed by atoms with Gasteiger partial charge in [-0.05, 0) is 13.3 Å². The lowest BCUT2D eigenvalue weighted by atomic mass is 10.0. The number of hydrogen-bond donors (Lipinski definition) is 1. The molecule has 7 nitrogen and oxygen atoms in total. The van der Waals surface area contributed by atoms with Crippen molar-refractivity contribution in [2.24, 2.45) is 0 Å². The standard InChI is InChI=1S/C11H15N3O4S/c1-11(10(16)8-15,19(2,17)18)3-4-14-7-9(5-12)6-13-14/h6-7,15H,3-4,8H2,1-2H3/t11-/m1/s1. The minimum Gasteiger partial charge on any atom is -0.389 e. The van der Waals surface area contributed by atoms with Gasteiger partial charge in [-0.25, -0.2) is 8.42 Å². The van der Waals surface area contributed by atoms with Crippen molar-refractivity contribution in [3.05, 3.63) is 18.0 Å². The molecule has 0 saturated heterocycles. The third kappa shape index (κ3) is 3.19. The first-order chi connectivity index (χ1) is 8.74. The zero-order valence-corrected chi connectivity index (χ0v) is 11.5. The van der Waals surface area contributed by atoms with Gasteiger partial charge in [0.25, 0.3) is 0 Å². The molecule has 1 aromatic heterocycles. The van der Waals surface area contributed by atoms with Crippen molar-refractivity contribution in [1.29, 1.82) is 5.26 Å². The van der Waals surface area contributed by atoms with E-state index in [1.54, 1.807) is 0 Å². The van der Waals surface area contributed by atoms with Gasteiger partial charge in [-0.3, -0.25) is 9.48 Å². The second kappa shape index (κ2) is 5.50. The molecule has 0 aromatic carbocycles. The number of rotatable bonds is 6. The van der Waals surface area contributed by atoms with Crippen LogP contribution in [0.25, 0.3) is 0 Å². The first-order valence-corrected chi connectivity index (χ1v) is 7.40. The van der Waals surface area contributed by atoms with E-state index >= 15 is 0 Å². The fourth-order valence-corrected chi connectivity index (χ4v) is 2.51. The quantitative estimate of drug-likeness (QED) is 0.754. The minimum atomic E-state index is -3.66. The lowest BCUT2D eigenvalue weighted by Gasteiger charge is -2.25. The van der Waals surface area contributed by atoms with Crippen molar-refractivity contribution < 1.29 is 18.3 Å². The van der Waals surface area contributed by atoms with Crippen LogP contribution >= 0.6 is 0 Å². The number of aryl methyl sites for hydroxylation is 1. The highest BCUT2D eigenvalue weighted by Crippen LogP contribution is 2.23. The second-order valence-corrected chi connectivity index (χ2v) is 6.88. The third-order valence-electron chi connectivity index (χ3n) is 3.13. The smallest absolute Gasteiger partial charge is 0.179 e. The molecule has 1 heterocycles. The summed E-state index contributed by atoms with van der Waals surface area (Å²) in [6.45, 7) is 0.624. The SMILES string of the molecule is C[C@@](CCn1cc(C#N)cn1)(C(=O)CO)S(C)(=O)=O.